The van der Waals surface area contributed by atoms with E-state index >= 15 is 0 Å². The zero-order valence-corrected chi connectivity index (χ0v) is 9.56. The molecule has 0 heterocycles. The van der Waals surface area contributed by atoms with Gasteiger partial charge in [-0.1, -0.05) is 19.4 Å². The Kier molecular flexibility index (Phi) is 2.91. The van der Waals surface area contributed by atoms with Gasteiger partial charge in [-0.3, -0.25) is 4.99 Å². The number of aliphatic imine (C=N–C) groups is 1. The van der Waals surface area contributed by atoms with Crippen LogP contribution < -0.4 is 4.74 Å². The first-order valence-corrected chi connectivity index (χ1v) is 6.50. The lowest BCUT2D eigenvalue weighted by Crippen LogP contribution is -2.11. The highest BCUT2D eigenvalue weighted by molar-refractivity contribution is 8.46. The third-order valence-corrected chi connectivity index (χ3v) is 2.48. The molecule has 0 N–H and O–H groups in total. The Morgan fingerprint density at radius 1 is 1.12 bits per heavy atom. The summed E-state index contributed by atoms with van der Waals surface area (Å²) in [6.45, 7) is 0. The van der Waals surface area contributed by atoms with E-state index in [1.807, 2.05) is 0 Å². The van der Waals surface area contributed by atoms with E-state index in [0.29, 0.717) is 5.75 Å². The van der Waals surface area contributed by atoms with Gasteiger partial charge in [0, 0.05) is 6.21 Å². The van der Waals surface area contributed by atoms with Crippen molar-refractivity contribution in [3.63, 3.8) is 0 Å². The van der Waals surface area contributed by atoms with E-state index in [0.717, 1.165) is 0 Å². The van der Waals surface area contributed by atoms with E-state index in [2.05, 4.69) is 4.99 Å². The zero-order valence-electron chi connectivity index (χ0n) is 8.75. The van der Waals surface area contributed by atoms with Gasteiger partial charge in [0.15, 0.2) is 0 Å². The minimum absolute atomic E-state index is 0.146. The number of benzene rings is 1. The van der Waals surface area contributed by atoms with Gasteiger partial charge in [0.05, 0.1) is 12.8 Å². The van der Waals surface area contributed by atoms with E-state index in [1.165, 1.54) is 31.4 Å². The van der Waals surface area contributed by atoms with Crippen molar-refractivity contribution in [1.82, 2.24) is 0 Å². The molecule has 0 aliphatic rings. The average Bonchev–Trinajstić information content (AvgIpc) is 2.15. The molecule has 0 aromatic heterocycles. The van der Waals surface area contributed by atoms with Crippen molar-refractivity contribution in [3.8, 4) is 5.75 Å². The molecule has 0 fully saturated rings. The highest BCUT2D eigenvalue weighted by Gasteiger charge is 2.62. The van der Waals surface area contributed by atoms with Gasteiger partial charge >= 0.3 is 0 Å². The lowest BCUT2D eigenvalue weighted by Gasteiger charge is -2.38. The molecular weight excluding hydrogens is 265 g/mol. The van der Waals surface area contributed by atoms with E-state index in [-0.39, 0.29) is 11.9 Å². The van der Waals surface area contributed by atoms with Gasteiger partial charge in [-0.25, -0.2) is 0 Å². The quantitative estimate of drug-likeness (QED) is 0.576. The van der Waals surface area contributed by atoms with Crippen molar-refractivity contribution in [2.45, 2.75) is 0 Å². The third kappa shape index (κ3) is 6.10. The van der Waals surface area contributed by atoms with Crippen LogP contribution in [0.15, 0.2) is 29.3 Å². The minimum atomic E-state index is -9.39. The molecule has 0 unspecified atom stereocenters. The third-order valence-electron chi connectivity index (χ3n) is 1.70. The molecule has 0 spiro atoms. The van der Waals surface area contributed by atoms with Crippen LogP contribution in [0.5, 0.6) is 5.75 Å². The summed E-state index contributed by atoms with van der Waals surface area (Å²) in [5.74, 6) is -1.80. The van der Waals surface area contributed by atoms with Crippen molar-refractivity contribution in [2.75, 3.05) is 12.9 Å². The first-order valence-electron chi connectivity index (χ1n) is 4.38. The Morgan fingerprint density at radius 3 is 2.06 bits per heavy atom. The smallest absolute Gasteiger partial charge is 0.290 e. The number of halogens is 5. The maximum absolute atomic E-state index is 11.9. The van der Waals surface area contributed by atoms with Crippen LogP contribution in [0, 0.1) is 0 Å². The Morgan fingerprint density at radius 2 is 1.65 bits per heavy atom. The SMILES string of the molecule is COc1ccc(N=CCS(F)(F)(F)(F)F)cc1. The molecule has 17 heavy (non-hydrogen) atoms. The Balaban J connectivity index is 2.73. The maximum atomic E-state index is 11.9. The molecule has 0 saturated heterocycles. The van der Waals surface area contributed by atoms with E-state index in [1.54, 1.807) is 0 Å². The van der Waals surface area contributed by atoms with Gasteiger partial charge < -0.3 is 4.74 Å². The summed E-state index contributed by atoms with van der Waals surface area (Å²) in [6.07, 6.45) is 0.170. The van der Waals surface area contributed by atoms with E-state index < -0.39 is 16.0 Å². The van der Waals surface area contributed by atoms with Crippen molar-refractivity contribution < 1.29 is 24.2 Å². The number of ether oxygens (including phenoxy) is 1. The molecule has 0 radical (unpaired) electrons. The first-order chi connectivity index (χ1) is 7.49. The van der Waals surface area contributed by atoms with Crippen LogP contribution in [-0.4, -0.2) is 19.1 Å². The molecule has 98 valence electrons. The molecule has 0 saturated carbocycles. The van der Waals surface area contributed by atoms with Crippen molar-refractivity contribution in [1.29, 1.82) is 0 Å². The Hall–Kier alpha value is -1.31. The van der Waals surface area contributed by atoms with Gasteiger partial charge in [-0.2, -0.15) is 0 Å². The topological polar surface area (TPSA) is 21.6 Å². The summed E-state index contributed by atoms with van der Waals surface area (Å²) >= 11 is 0. The standard InChI is InChI=1S/C9H10F5NOS/c1-16-9-4-2-8(3-5-9)15-6-7-17(10,11,12,13)14/h2-6H,7H2,1H3. The Labute approximate surface area is 94.8 Å². The molecule has 0 bridgehead atoms. The van der Waals surface area contributed by atoms with Crippen LogP contribution in [0.3, 0.4) is 0 Å². The summed E-state index contributed by atoms with van der Waals surface area (Å²) < 4.78 is 64.4. The second-order valence-electron chi connectivity index (χ2n) is 3.31. The van der Waals surface area contributed by atoms with Crippen LogP contribution in [0.1, 0.15) is 0 Å². The molecule has 1 aromatic carbocycles. The lowest BCUT2D eigenvalue weighted by molar-refractivity contribution is 0.372. The van der Waals surface area contributed by atoms with Crippen molar-refractivity contribution >= 4 is 22.1 Å². The van der Waals surface area contributed by atoms with E-state index in [9.17, 15) is 19.4 Å². The van der Waals surface area contributed by atoms with Crippen LogP contribution in [0.4, 0.5) is 25.1 Å². The molecule has 0 atom stereocenters. The molecule has 0 aliphatic heterocycles. The average molecular weight is 275 g/mol. The fraction of sp³-hybridized carbons (Fsp3) is 0.222. The number of nitrogens with zero attached hydrogens (tertiary/aromatic N) is 1. The summed E-state index contributed by atoms with van der Waals surface area (Å²) in [6, 6.07) is 5.65. The maximum Gasteiger partial charge on any atom is 0.290 e. The predicted molar refractivity (Wildman–Crippen MR) is 59.1 cm³/mol. The van der Waals surface area contributed by atoms with E-state index in [4.69, 9.17) is 4.74 Å². The van der Waals surface area contributed by atoms with Crippen molar-refractivity contribution in [2.24, 2.45) is 4.99 Å². The molecule has 1 aromatic rings. The van der Waals surface area contributed by atoms with Crippen LogP contribution in [0.25, 0.3) is 0 Å². The molecule has 8 heteroatoms. The molecule has 0 amide bonds. The number of rotatable bonds is 4. The number of hydrogen-bond acceptors (Lipinski definition) is 2. The normalized spacial score (nSPS) is 16.6. The molecule has 1 rings (SSSR count). The minimum Gasteiger partial charge on any atom is -0.497 e. The van der Waals surface area contributed by atoms with Gasteiger partial charge in [-0.15, -0.1) is 0 Å². The zero-order chi connectivity index (χ0) is 13.2. The fourth-order valence-corrected chi connectivity index (χ4v) is 1.31. The highest BCUT2D eigenvalue weighted by Crippen LogP contribution is 2.97. The van der Waals surface area contributed by atoms with Gasteiger partial charge in [0.1, 0.15) is 11.5 Å². The van der Waals surface area contributed by atoms with Gasteiger partial charge in [-0.05, 0) is 24.3 Å². The van der Waals surface area contributed by atoms with Crippen LogP contribution in [0.2, 0.25) is 0 Å². The lowest BCUT2D eigenvalue weighted by atomic mass is 10.3. The van der Waals surface area contributed by atoms with Crippen molar-refractivity contribution in [3.05, 3.63) is 24.3 Å². The number of hydrogen-bond donors (Lipinski definition) is 0. The largest absolute Gasteiger partial charge is 0.497 e. The first kappa shape index (κ1) is 13.8. The summed E-state index contributed by atoms with van der Waals surface area (Å²) in [5, 5.41) is 0. The van der Waals surface area contributed by atoms with Crippen LogP contribution >= 0.6 is 10.2 Å². The summed E-state index contributed by atoms with van der Waals surface area (Å²) in [5.41, 5.74) is 0.146. The highest BCUT2D eigenvalue weighted by atomic mass is 32.5. The molecule has 0 aliphatic carbocycles. The van der Waals surface area contributed by atoms with Gasteiger partial charge in [0.2, 0.25) is 0 Å². The van der Waals surface area contributed by atoms with Gasteiger partial charge in [0.25, 0.3) is 10.2 Å². The predicted octanol–water partition coefficient (Wildman–Crippen LogP) is 4.70. The Bertz CT molecular complexity index is 424. The second kappa shape index (κ2) is 3.59. The molecular formula is C9H10F5NOS. The summed E-state index contributed by atoms with van der Waals surface area (Å²) in [7, 11) is -7.97. The van der Waals surface area contributed by atoms with Crippen LogP contribution in [-0.2, 0) is 0 Å². The summed E-state index contributed by atoms with van der Waals surface area (Å²) in [4.78, 5) is 3.31. The monoisotopic (exact) mass is 275 g/mol. The molecule has 2 nitrogen and oxygen atoms in total. The fourth-order valence-electron chi connectivity index (χ4n) is 0.952. The number of methoxy groups -OCH3 is 1. The second-order valence-corrected chi connectivity index (χ2v) is 5.90.